The van der Waals surface area contributed by atoms with Crippen LogP contribution in [0.5, 0.6) is 5.75 Å². The Morgan fingerprint density at radius 2 is 1.96 bits per heavy atom. The van der Waals surface area contributed by atoms with Gasteiger partial charge in [0, 0.05) is 13.1 Å². The zero-order chi connectivity index (χ0) is 19.6. The maximum absolute atomic E-state index is 12.6. The highest BCUT2D eigenvalue weighted by atomic mass is 16.5. The number of aromatic nitrogens is 2. The Morgan fingerprint density at radius 1 is 1.26 bits per heavy atom. The Morgan fingerprint density at radius 3 is 2.56 bits per heavy atom. The van der Waals surface area contributed by atoms with E-state index in [9.17, 15) is 14.7 Å². The van der Waals surface area contributed by atoms with Crippen molar-refractivity contribution in [3.8, 4) is 5.75 Å². The summed E-state index contributed by atoms with van der Waals surface area (Å²) in [4.78, 5) is 25.7. The number of likely N-dealkylation sites (tertiary alicyclic amines) is 1. The number of carboxylic acids is 1. The summed E-state index contributed by atoms with van der Waals surface area (Å²) >= 11 is 0. The Labute approximate surface area is 158 Å². The molecule has 27 heavy (non-hydrogen) atoms. The van der Waals surface area contributed by atoms with Gasteiger partial charge in [-0.3, -0.25) is 9.48 Å². The lowest BCUT2D eigenvalue weighted by Crippen LogP contribution is -2.40. The van der Waals surface area contributed by atoms with E-state index in [4.69, 9.17) is 4.74 Å². The summed E-state index contributed by atoms with van der Waals surface area (Å²) in [5.74, 6) is -0.0648. The predicted octanol–water partition coefficient (Wildman–Crippen LogP) is 2.61. The van der Waals surface area contributed by atoms with Crippen LogP contribution in [0.25, 0.3) is 0 Å². The first-order valence-corrected chi connectivity index (χ1v) is 9.09. The number of methoxy groups -OCH3 is 1. The molecule has 0 radical (unpaired) electrons. The van der Waals surface area contributed by atoms with Gasteiger partial charge in [-0.05, 0) is 43.9 Å². The summed E-state index contributed by atoms with van der Waals surface area (Å²) in [6, 6.07) is 5.97. The van der Waals surface area contributed by atoms with E-state index in [0.29, 0.717) is 25.2 Å². The Balaban J connectivity index is 1.60. The van der Waals surface area contributed by atoms with Gasteiger partial charge in [0.15, 0.2) is 0 Å². The van der Waals surface area contributed by atoms with Crippen molar-refractivity contribution >= 4 is 11.9 Å². The summed E-state index contributed by atoms with van der Waals surface area (Å²) in [6.07, 6.45) is 3.29. The first kappa shape index (κ1) is 18.9. The number of piperidine rings is 1. The van der Waals surface area contributed by atoms with E-state index < -0.39 is 5.97 Å². The Bertz CT molecular complexity index is 851. The summed E-state index contributed by atoms with van der Waals surface area (Å²) in [7, 11) is 1.63. The number of carbonyl (C=O) groups excluding carboxylic acids is 1. The molecule has 0 aliphatic carbocycles. The molecule has 1 aromatic carbocycles. The maximum Gasteiger partial charge on any atom is 0.339 e. The number of ether oxygens (including phenoxy) is 1. The molecule has 1 aliphatic rings. The summed E-state index contributed by atoms with van der Waals surface area (Å²) in [5.41, 5.74) is 2.89. The lowest BCUT2D eigenvalue weighted by Gasteiger charge is -2.32. The topological polar surface area (TPSA) is 84.7 Å². The van der Waals surface area contributed by atoms with Gasteiger partial charge >= 0.3 is 5.97 Å². The fourth-order valence-corrected chi connectivity index (χ4v) is 3.62. The van der Waals surface area contributed by atoms with E-state index in [2.05, 4.69) is 5.10 Å². The minimum Gasteiger partial charge on any atom is -0.496 e. The first-order chi connectivity index (χ1) is 12.9. The first-order valence-electron chi connectivity index (χ1n) is 9.09. The van der Waals surface area contributed by atoms with Gasteiger partial charge < -0.3 is 14.7 Å². The SMILES string of the molecule is COc1cc(CC(=O)N2CCC(n3ncc(C(=O)O)c3C)CC2)ccc1C. The third-order valence-electron chi connectivity index (χ3n) is 5.27. The Kier molecular flexibility index (Phi) is 5.48. The minimum atomic E-state index is -0.958. The number of amides is 1. The number of carboxylic acid groups (broad SMARTS) is 1. The number of rotatable bonds is 5. The van der Waals surface area contributed by atoms with Gasteiger partial charge in [-0.2, -0.15) is 5.10 Å². The summed E-state index contributed by atoms with van der Waals surface area (Å²) in [5, 5.41) is 13.4. The normalized spacial score (nSPS) is 15.0. The van der Waals surface area contributed by atoms with Crippen LogP contribution in [0, 0.1) is 13.8 Å². The molecule has 1 aromatic heterocycles. The highest BCUT2D eigenvalue weighted by Crippen LogP contribution is 2.25. The minimum absolute atomic E-state index is 0.0998. The fraction of sp³-hybridized carbons (Fsp3) is 0.450. The van der Waals surface area contributed by atoms with Gasteiger partial charge in [0.1, 0.15) is 11.3 Å². The Hall–Kier alpha value is -2.83. The second-order valence-corrected chi connectivity index (χ2v) is 6.99. The van der Waals surface area contributed by atoms with Crippen molar-refractivity contribution in [3.63, 3.8) is 0 Å². The van der Waals surface area contributed by atoms with Gasteiger partial charge in [0.2, 0.25) is 5.91 Å². The molecular formula is C20H25N3O4. The largest absolute Gasteiger partial charge is 0.496 e. The number of nitrogens with zero attached hydrogens (tertiary/aromatic N) is 3. The molecule has 0 unspecified atom stereocenters. The van der Waals surface area contributed by atoms with Crippen molar-refractivity contribution in [3.05, 3.63) is 46.8 Å². The van der Waals surface area contributed by atoms with Crippen LogP contribution in [0.15, 0.2) is 24.4 Å². The van der Waals surface area contributed by atoms with Crippen molar-refractivity contribution in [1.29, 1.82) is 0 Å². The molecule has 7 heteroatoms. The molecule has 7 nitrogen and oxygen atoms in total. The summed E-state index contributed by atoms with van der Waals surface area (Å²) in [6.45, 7) is 5.05. The average Bonchev–Trinajstić information content (AvgIpc) is 3.05. The molecule has 2 heterocycles. The van der Waals surface area contributed by atoms with Crippen LogP contribution in [-0.4, -0.2) is 51.9 Å². The molecule has 1 N–H and O–H groups in total. The molecule has 1 saturated heterocycles. The lowest BCUT2D eigenvalue weighted by molar-refractivity contribution is -0.131. The second-order valence-electron chi connectivity index (χ2n) is 6.99. The van der Waals surface area contributed by atoms with E-state index in [1.165, 1.54) is 6.20 Å². The van der Waals surface area contributed by atoms with Crippen LogP contribution in [0.4, 0.5) is 0 Å². The van der Waals surface area contributed by atoms with Gasteiger partial charge in [0.25, 0.3) is 0 Å². The van der Waals surface area contributed by atoms with Crippen LogP contribution in [0.3, 0.4) is 0 Å². The number of aryl methyl sites for hydroxylation is 1. The van der Waals surface area contributed by atoms with Gasteiger partial charge in [-0.1, -0.05) is 12.1 Å². The molecule has 2 aromatic rings. The fourth-order valence-electron chi connectivity index (χ4n) is 3.62. The number of hydrogen-bond acceptors (Lipinski definition) is 4. The lowest BCUT2D eigenvalue weighted by atomic mass is 10.0. The van der Waals surface area contributed by atoms with Crippen LogP contribution in [0.2, 0.25) is 0 Å². The van der Waals surface area contributed by atoms with Crippen molar-refractivity contribution in [1.82, 2.24) is 14.7 Å². The molecule has 1 amide bonds. The highest BCUT2D eigenvalue weighted by molar-refractivity contribution is 5.88. The van der Waals surface area contributed by atoms with Gasteiger partial charge in [-0.15, -0.1) is 0 Å². The van der Waals surface area contributed by atoms with Crippen LogP contribution >= 0.6 is 0 Å². The average molecular weight is 371 g/mol. The van der Waals surface area contributed by atoms with Crippen molar-refractivity contribution in [2.45, 2.75) is 39.2 Å². The summed E-state index contributed by atoms with van der Waals surface area (Å²) < 4.78 is 7.12. The molecule has 144 valence electrons. The molecular weight excluding hydrogens is 346 g/mol. The van der Waals surface area contributed by atoms with Gasteiger partial charge in [-0.25, -0.2) is 4.79 Å². The maximum atomic E-state index is 12.6. The third kappa shape index (κ3) is 3.97. The monoisotopic (exact) mass is 371 g/mol. The van der Waals surface area contributed by atoms with Crippen LogP contribution < -0.4 is 4.74 Å². The molecule has 0 spiro atoms. The second kappa shape index (κ2) is 7.82. The van der Waals surface area contributed by atoms with Crippen LogP contribution in [-0.2, 0) is 11.2 Å². The van der Waals surface area contributed by atoms with E-state index >= 15 is 0 Å². The molecule has 0 saturated carbocycles. The smallest absolute Gasteiger partial charge is 0.339 e. The zero-order valence-electron chi connectivity index (χ0n) is 15.9. The van der Waals surface area contributed by atoms with E-state index in [-0.39, 0.29) is 17.5 Å². The third-order valence-corrected chi connectivity index (χ3v) is 5.27. The molecule has 0 atom stereocenters. The number of aromatic carboxylic acids is 1. The van der Waals surface area contributed by atoms with Crippen molar-refractivity contribution in [2.24, 2.45) is 0 Å². The number of carbonyl (C=O) groups is 2. The predicted molar refractivity (Wildman–Crippen MR) is 100 cm³/mol. The molecule has 3 rings (SSSR count). The van der Waals surface area contributed by atoms with E-state index in [0.717, 1.165) is 29.7 Å². The van der Waals surface area contributed by atoms with Crippen LogP contribution in [0.1, 0.15) is 46.1 Å². The van der Waals surface area contributed by atoms with Crippen molar-refractivity contribution in [2.75, 3.05) is 20.2 Å². The standard InChI is InChI=1S/C20H25N3O4/c1-13-4-5-15(10-18(13)27-3)11-19(24)22-8-6-16(7-9-22)23-14(2)17(12-21-23)20(25)26/h4-5,10,12,16H,6-9,11H2,1-3H3,(H,25,26). The molecule has 1 fully saturated rings. The van der Waals surface area contributed by atoms with E-state index in [1.54, 1.807) is 18.7 Å². The highest BCUT2D eigenvalue weighted by Gasteiger charge is 2.26. The zero-order valence-corrected chi connectivity index (χ0v) is 15.9. The van der Waals surface area contributed by atoms with E-state index in [1.807, 2.05) is 30.0 Å². The quantitative estimate of drug-likeness (QED) is 0.873. The van der Waals surface area contributed by atoms with Gasteiger partial charge in [0.05, 0.1) is 31.5 Å². The number of hydrogen-bond donors (Lipinski definition) is 1. The molecule has 1 aliphatic heterocycles. The molecule has 0 bridgehead atoms. The van der Waals surface area contributed by atoms with Crippen molar-refractivity contribution < 1.29 is 19.4 Å². The number of benzene rings is 1.